The van der Waals surface area contributed by atoms with Crippen LogP contribution in [0.15, 0.2) is 18.3 Å². The van der Waals surface area contributed by atoms with E-state index in [1.165, 1.54) is 18.4 Å². The summed E-state index contributed by atoms with van der Waals surface area (Å²) in [5.74, 6) is 0. The Morgan fingerprint density at radius 3 is 2.83 bits per heavy atom. The molecule has 0 aliphatic rings. The number of carbonyl (C=O) groups excluding carboxylic acids is 1. The topological polar surface area (TPSA) is 30.0 Å². The van der Waals surface area contributed by atoms with E-state index in [1.807, 2.05) is 6.07 Å². The normalized spacial score (nSPS) is 9.75. The lowest BCUT2D eigenvalue weighted by Crippen LogP contribution is -1.89. The fraction of sp³-hybridized carbons (Fsp3) is 0.400. The third-order valence-corrected chi connectivity index (χ3v) is 1.79. The Kier molecular flexibility index (Phi) is 3.45. The van der Waals surface area contributed by atoms with Crippen molar-refractivity contribution in [2.45, 2.75) is 26.2 Å². The second-order valence-corrected chi connectivity index (χ2v) is 2.81. The Labute approximate surface area is 72.6 Å². The quantitative estimate of drug-likeness (QED) is 0.637. The third kappa shape index (κ3) is 2.46. The van der Waals surface area contributed by atoms with E-state index < -0.39 is 0 Å². The van der Waals surface area contributed by atoms with Gasteiger partial charge in [-0.15, -0.1) is 0 Å². The van der Waals surface area contributed by atoms with Crippen LogP contribution in [0.25, 0.3) is 0 Å². The predicted molar refractivity (Wildman–Crippen MR) is 48.2 cm³/mol. The summed E-state index contributed by atoms with van der Waals surface area (Å²) in [5.41, 5.74) is 1.72. The number of pyridine rings is 1. The van der Waals surface area contributed by atoms with Crippen molar-refractivity contribution in [1.82, 2.24) is 4.98 Å². The molecular weight excluding hydrogens is 150 g/mol. The molecule has 0 atom stereocenters. The minimum absolute atomic E-state index is 0.509. The van der Waals surface area contributed by atoms with Crippen LogP contribution in [0.3, 0.4) is 0 Å². The highest BCUT2D eigenvalue weighted by atomic mass is 16.1. The van der Waals surface area contributed by atoms with Gasteiger partial charge in [0.25, 0.3) is 0 Å². The zero-order valence-corrected chi connectivity index (χ0v) is 7.29. The molecule has 1 heterocycles. The second kappa shape index (κ2) is 4.65. The average Bonchev–Trinajstić information content (AvgIpc) is 2.15. The van der Waals surface area contributed by atoms with Gasteiger partial charge < -0.3 is 0 Å². The molecule has 0 spiro atoms. The molecule has 1 aromatic heterocycles. The summed E-state index contributed by atoms with van der Waals surface area (Å²) in [6.45, 7) is 2.16. The van der Waals surface area contributed by atoms with Gasteiger partial charge in [-0.3, -0.25) is 9.78 Å². The minimum atomic E-state index is 0.509. The summed E-state index contributed by atoms with van der Waals surface area (Å²) in [4.78, 5) is 14.3. The van der Waals surface area contributed by atoms with Crippen LogP contribution in [0.1, 0.15) is 35.8 Å². The van der Waals surface area contributed by atoms with E-state index in [2.05, 4.69) is 11.9 Å². The first-order valence-electron chi connectivity index (χ1n) is 4.27. The van der Waals surface area contributed by atoms with Crippen molar-refractivity contribution in [2.75, 3.05) is 0 Å². The molecule has 1 aromatic rings. The van der Waals surface area contributed by atoms with Crippen LogP contribution in [0.4, 0.5) is 0 Å². The maximum Gasteiger partial charge on any atom is 0.168 e. The van der Waals surface area contributed by atoms with Gasteiger partial charge in [-0.05, 0) is 24.5 Å². The number of hydrogen-bond acceptors (Lipinski definition) is 2. The molecule has 0 radical (unpaired) electrons. The number of unbranched alkanes of at least 4 members (excludes halogenated alkanes) is 1. The second-order valence-electron chi connectivity index (χ2n) is 2.81. The molecule has 2 nitrogen and oxygen atoms in total. The van der Waals surface area contributed by atoms with E-state index in [4.69, 9.17) is 0 Å². The van der Waals surface area contributed by atoms with Gasteiger partial charge in [-0.2, -0.15) is 0 Å². The van der Waals surface area contributed by atoms with Gasteiger partial charge in [0.15, 0.2) is 6.29 Å². The Morgan fingerprint density at radius 2 is 2.33 bits per heavy atom. The fourth-order valence-corrected chi connectivity index (χ4v) is 1.03. The molecule has 0 aliphatic carbocycles. The van der Waals surface area contributed by atoms with Gasteiger partial charge in [-0.25, -0.2) is 0 Å². The summed E-state index contributed by atoms with van der Waals surface area (Å²) in [6.07, 6.45) is 5.98. The van der Waals surface area contributed by atoms with Gasteiger partial charge in [-0.1, -0.05) is 19.4 Å². The van der Waals surface area contributed by atoms with E-state index in [-0.39, 0.29) is 0 Å². The molecule has 0 saturated carbocycles. The minimum Gasteiger partial charge on any atom is -0.296 e. The summed E-state index contributed by atoms with van der Waals surface area (Å²) in [5, 5.41) is 0. The van der Waals surface area contributed by atoms with Crippen LogP contribution in [0.2, 0.25) is 0 Å². The molecule has 12 heavy (non-hydrogen) atoms. The van der Waals surface area contributed by atoms with Crippen LogP contribution < -0.4 is 0 Å². The highest BCUT2D eigenvalue weighted by Crippen LogP contribution is 2.03. The lowest BCUT2D eigenvalue weighted by molar-refractivity contribution is 0.111. The molecule has 0 aliphatic heterocycles. The van der Waals surface area contributed by atoms with Gasteiger partial charge >= 0.3 is 0 Å². The highest BCUT2D eigenvalue weighted by Gasteiger charge is 1.93. The largest absolute Gasteiger partial charge is 0.296 e. The zero-order valence-electron chi connectivity index (χ0n) is 7.29. The first kappa shape index (κ1) is 8.91. The van der Waals surface area contributed by atoms with Gasteiger partial charge in [0.05, 0.1) is 0 Å². The van der Waals surface area contributed by atoms with Gasteiger partial charge in [0.2, 0.25) is 0 Å². The van der Waals surface area contributed by atoms with Gasteiger partial charge in [0, 0.05) is 6.20 Å². The van der Waals surface area contributed by atoms with Crippen molar-refractivity contribution in [3.63, 3.8) is 0 Å². The summed E-state index contributed by atoms with van der Waals surface area (Å²) < 4.78 is 0. The molecule has 0 amide bonds. The van der Waals surface area contributed by atoms with E-state index in [0.29, 0.717) is 5.69 Å². The monoisotopic (exact) mass is 163 g/mol. The van der Waals surface area contributed by atoms with E-state index in [1.54, 1.807) is 12.3 Å². The standard InChI is InChI=1S/C10H13NO/c1-2-3-4-9-5-6-10(8-12)11-7-9/h5-8H,2-4H2,1H3. The first-order chi connectivity index (χ1) is 5.86. The lowest BCUT2D eigenvalue weighted by atomic mass is 10.1. The van der Waals surface area contributed by atoms with Crippen molar-refractivity contribution in [2.24, 2.45) is 0 Å². The molecule has 64 valence electrons. The molecule has 0 saturated heterocycles. The van der Waals surface area contributed by atoms with Crippen molar-refractivity contribution >= 4 is 6.29 Å². The Morgan fingerprint density at radius 1 is 1.50 bits per heavy atom. The Hall–Kier alpha value is -1.18. The van der Waals surface area contributed by atoms with Crippen molar-refractivity contribution in [1.29, 1.82) is 0 Å². The number of carbonyl (C=O) groups is 1. The fourth-order valence-electron chi connectivity index (χ4n) is 1.03. The van der Waals surface area contributed by atoms with Crippen LogP contribution in [-0.4, -0.2) is 11.3 Å². The molecule has 0 bridgehead atoms. The number of aldehydes is 1. The molecule has 0 unspecified atom stereocenters. The van der Waals surface area contributed by atoms with Crippen LogP contribution in [0, 0.1) is 0 Å². The summed E-state index contributed by atoms with van der Waals surface area (Å²) >= 11 is 0. The number of aromatic nitrogens is 1. The maximum absolute atomic E-state index is 10.3. The first-order valence-corrected chi connectivity index (χ1v) is 4.27. The zero-order chi connectivity index (χ0) is 8.81. The Balaban J connectivity index is 2.58. The van der Waals surface area contributed by atoms with E-state index in [0.717, 1.165) is 12.7 Å². The van der Waals surface area contributed by atoms with Crippen molar-refractivity contribution < 1.29 is 4.79 Å². The molecule has 0 aromatic carbocycles. The molecule has 0 fully saturated rings. The number of hydrogen-bond donors (Lipinski definition) is 0. The maximum atomic E-state index is 10.3. The average molecular weight is 163 g/mol. The van der Waals surface area contributed by atoms with Crippen LogP contribution >= 0.6 is 0 Å². The predicted octanol–water partition coefficient (Wildman–Crippen LogP) is 2.24. The number of aryl methyl sites for hydroxylation is 1. The smallest absolute Gasteiger partial charge is 0.168 e. The third-order valence-electron chi connectivity index (χ3n) is 1.79. The molecule has 1 rings (SSSR count). The Bertz CT molecular complexity index is 241. The van der Waals surface area contributed by atoms with E-state index >= 15 is 0 Å². The SMILES string of the molecule is CCCCc1ccc(C=O)nc1. The molecule has 0 N–H and O–H groups in total. The highest BCUT2D eigenvalue weighted by molar-refractivity contribution is 5.71. The van der Waals surface area contributed by atoms with Crippen molar-refractivity contribution in [3.8, 4) is 0 Å². The number of rotatable bonds is 4. The molecular formula is C10H13NO. The summed E-state index contributed by atoms with van der Waals surface area (Å²) in [7, 11) is 0. The van der Waals surface area contributed by atoms with Gasteiger partial charge in [0.1, 0.15) is 5.69 Å². The van der Waals surface area contributed by atoms with Crippen molar-refractivity contribution in [3.05, 3.63) is 29.6 Å². The van der Waals surface area contributed by atoms with Crippen LogP contribution in [-0.2, 0) is 6.42 Å². The van der Waals surface area contributed by atoms with Crippen LogP contribution in [0.5, 0.6) is 0 Å². The number of nitrogens with zero attached hydrogens (tertiary/aromatic N) is 1. The van der Waals surface area contributed by atoms with E-state index in [9.17, 15) is 4.79 Å². The molecule has 2 heteroatoms. The lowest BCUT2D eigenvalue weighted by Gasteiger charge is -1.97. The summed E-state index contributed by atoms with van der Waals surface area (Å²) in [6, 6.07) is 3.73.